The lowest BCUT2D eigenvalue weighted by molar-refractivity contribution is 1.25. The Balaban J connectivity index is 2.09. The first-order valence-corrected chi connectivity index (χ1v) is 6.08. The molecule has 0 bridgehead atoms. The van der Waals surface area contributed by atoms with Crippen molar-refractivity contribution in [3.63, 3.8) is 0 Å². The van der Waals surface area contributed by atoms with Crippen molar-refractivity contribution in [2.45, 2.75) is 4.90 Å². The largest absolute Gasteiger partial charge is 0.380 e. The zero-order chi connectivity index (χ0) is 12.3. The van der Waals surface area contributed by atoms with Crippen LogP contribution in [-0.2, 0) is 0 Å². The molecule has 0 unspecified atom stereocenters. The molecule has 5 N–H and O–H groups in total. The lowest BCUT2D eigenvalue weighted by Crippen LogP contribution is -2.32. The number of hydrazone groups is 1. The van der Waals surface area contributed by atoms with Gasteiger partial charge >= 0.3 is 0 Å². The molecule has 1 aliphatic heterocycles. The van der Waals surface area contributed by atoms with Crippen LogP contribution in [0.25, 0.3) is 0 Å². The van der Waals surface area contributed by atoms with E-state index in [0.717, 1.165) is 5.69 Å². The molecule has 1 aliphatic rings. The number of amidine groups is 2. The predicted molar refractivity (Wildman–Crippen MR) is 72.5 cm³/mol. The number of hydrogen-bond donors (Lipinski definition) is 3. The number of nitrogens with one attached hydrogen (secondary N) is 1. The monoisotopic (exact) mass is 248 g/mol. The Morgan fingerprint density at radius 1 is 1.12 bits per heavy atom. The summed E-state index contributed by atoms with van der Waals surface area (Å²) < 4.78 is 0. The Morgan fingerprint density at radius 2 is 1.71 bits per heavy atom. The zero-order valence-corrected chi connectivity index (χ0v) is 10.0. The number of rotatable bonds is 3. The van der Waals surface area contributed by atoms with Crippen LogP contribution in [0, 0.1) is 0 Å². The van der Waals surface area contributed by atoms with Crippen LogP contribution in [0.4, 0.5) is 5.69 Å². The van der Waals surface area contributed by atoms with Crippen LogP contribution >= 0.6 is 11.8 Å². The summed E-state index contributed by atoms with van der Waals surface area (Å²) in [5, 5.41) is 11.3. The van der Waals surface area contributed by atoms with E-state index in [1.807, 2.05) is 30.5 Å². The first-order chi connectivity index (χ1) is 8.20. The molecule has 0 radical (unpaired) electrons. The summed E-state index contributed by atoms with van der Waals surface area (Å²) in [6.07, 6.45) is 2.02. The molecule has 1 aromatic carbocycles. The SMILES string of the molecule is CSc1ccc(NN=C2C(N)=NN=C2N)cc1. The molecule has 0 saturated carbocycles. The van der Waals surface area contributed by atoms with Crippen LogP contribution < -0.4 is 16.9 Å². The van der Waals surface area contributed by atoms with E-state index >= 15 is 0 Å². The van der Waals surface area contributed by atoms with Crippen molar-refractivity contribution in [3.05, 3.63) is 24.3 Å². The molecule has 0 atom stereocenters. The van der Waals surface area contributed by atoms with E-state index in [9.17, 15) is 0 Å². The molecule has 0 amide bonds. The van der Waals surface area contributed by atoms with Gasteiger partial charge in [0.2, 0.25) is 0 Å². The molecule has 1 heterocycles. The predicted octanol–water partition coefficient (Wildman–Crippen LogP) is 0.819. The molecule has 2 rings (SSSR count). The van der Waals surface area contributed by atoms with Crippen molar-refractivity contribution in [1.29, 1.82) is 0 Å². The maximum absolute atomic E-state index is 5.56. The molecule has 0 aliphatic carbocycles. The van der Waals surface area contributed by atoms with Crippen LogP contribution in [0.1, 0.15) is 0 Å². The fourth-order valence-electron chi connectivity index (χ4n) is 1.23. The second kappa shape index (κ2) is 4.88. The zero-order valence-electron chi connectivity index (χ0n) is 9.21. The Hall–Kier alpha value is -2.02. The summed E-state index contributed by atoms with van der Waals surface area (Å²) in [5.74, 6) is 0.437. The summed E-state index contributed by atoms with van der Waals surface area (Å²) in [6.45, 7) is 0. The summed E-state index contributed by atoms with van der Waals surface area (Å²) in [5.41, 5.74) is 15.2. The van der Waals surface area contributed by atoms with Crippen molar-refractivity contribution in [3.8, 4) is 0 Å². The normalized spacial score (nSPS) is 14.3. The van der Waals surface area contributed by atoms with Crippen LogP contribution in [0.5, 0.6) is 0 Å². The quantitative estimate of drug-likeness (QED) is 0.544. The highest BCUT2D eigenvalue weighted by atomic mass is 32.2. The second-order valence-electron chi connectivity index (χ2n) is 3.27. The smallest absolute Gasteiger partial charge is 0.177 e. The molecule has 88 valence electrons. The van der Waals surface area contributed by atoms with Gasteiger partial charge in [0, 0.05) is 4.90 Å². The summed E-state index contributed by atoms with van der Waals surface area (Å²) in [4.78, 5) is 1.19. The summed E-state index contributed by atoms with van der Waals surface area (Å²) in [6, 6.07) is 7.84. The lowest BCUT2D eigenvalue weighted by Gasteiger charge is -2.03. The second-order valence-corrected chi connectivity index (χ2v) is 4.15. The minimum absolute atomic E-state index is 0.218. The standard InChI is InChI=1S/C10H12N6S/c1-17-7-4-2-6(3-5-7)13-14-8-9(11)15-16-10(8)12/h2-5,13H,1H3,(H4,11,12,14,15,16). The van der Waals surface area contributed by atoms with Crippen molar-refractivity contribution in [2.75, 3.05) is 11.7 Å². The summed E-state index contributed by atoms with van der Waals surface area (Å²) >= 11 is 1.68. The van der Waals surface area contributed by atoms with E-state index < -0.39 is 0 Å². The Bertz CT molecular complexity index is 482. The van der Waals surface area contributed by atoms with Gasteiger partial charge in [-0.1, -0.05) is 0 Å². The van der Waals surface area contributed by atoms with Crippen molar-refractivity contribution in [2.24, 2.45) is 26.8 Å². The molecule has 6 nitrogen and oxygen atoms in total. The number of anilines is 1. The van der Waals surface area contributed by atoms with Crippen LogP contribution in [0.3, 0.4) is 0 Å². The van der Waals surface area contributed by atoms with Crippen molar-refractivity contribution in [1.82, 2.24) is 0 Å². The van der Waals surface area contributed by atoms with Gasteiger partial charge in [-0.25, -0.2) is 0 Å². The molecular weight excluding hydrogens is 236 g/mol. The number of benzene rings is 1. The molecule has 1 aromatic rings. The molecule has 0 spiro atoms. The topological polar surface area (TPSA) is 101 Å². The van der Waals surface area contributed by atoms with Crippen LogP contribution in [0.2, 0.25) is 0 Å². The minimum atomic E-state index is 0.218. The number of thioether (sulfide) groups is 1. The van der Waals surface area contributed by atoms with Gasteiger partial charge in [0.25, 0.3) is 0 Å². The third kappa shape index (κ3) is 2.56. The van der Waals surface area contributed by atoms with E-state index in [-0.39, 0.29) is 11.7 Å². The highest BCUT2D eigenvalue weighted by Crippen LogP contribution is 2.17. The fraction of sp³-hybridized carbons (Fsp3) is 0.100. The maximum Gasteiger partial charge on any atom is 0.177 e. The van der Waals surface area contributed by atoms with E-state index in [4.69, 9.17) is 11.5 Å². The average molecular weight is 248 g/mol. The minimum Gasteiger partial charge on any atom is -0.380 e. The van der Waals surface area contributed by atoms with Gasteiger partial charge in [-0.3, -0.25) is 5.43 Å². The third-order valence-corrected chi connectivity index (χ3v) is 2.88. The Morgan fingerprint density at radius 3 is 2.24 bits per heavy atom. The third-order valence-electron chi connectivity index (χ3n) is 2.14. The van der Waals surface area contributed by atoms with Crippen LogP contribution in [0.15, 0.2) is 44.5 Å². The average Bonchev–Trinajstić information content (AvgIpc) is 2.67. The van der Waals surface area contributed by atoms with Gasteiger partial charge in [0.1, 0.15) is 0 Å². The van der Waals surface area contributed by atoms with Gasteiger partial charge in [-0.2, -0.15) is 5.10 Å². The van der Waals surface area contributed by atoms with Gasteiger partial charge in [0.15, 0.2) is 17.4 Å². The highest BCUT2D eigenvalue weighted by Gasteiger charge is 2.16. The van der Waals surface area contributed by atoms with E-state index in [1.54, 1.807) is 11.8 Å². The molecule has 0 saturated heterocycles. The first-order valence-electron chi connectivity index (χ1n) is 4.86. The van der Waals surface area contributed by atoms with Crippen molar-refractivity contribution < 1.29 is 0 Å². The van der Waals surface area contributed by atoms with Gasteiger partial charge in [-0.15, -0.1) is 22.0 Å². The van der Waals surface area contributed by atoms with Crippen molar-refractivity contribution >= 4 is 34.8 Å². The fourth-order valence-corrected chi connectivity index (χ4v) is 1.64. The van der Waals surface area contributed by atoms with Crippen LogP contribution in [-0.4, -0.2) is 23.6 Å². The molecule has 0 fully saturated rings. The van der Waals surface area contributed by atoms with Gasteiger partial charge < -0.3 is 11.5 Å². The van der Waals surface area contributed by atoms with E-state index in [0.29, 0.717) is 5.71 Å². The van der Waals surface area contributed by atoms with Gasteiger partial charge in [0.05, 0.1) is 5.69 Å². The lowest BCUT2D eigenvalue weighted by atomic mass is 10.3. The first kappa shape index (κ1) is 11.5. The number of hydrogen-bond acceptors (Lipinski definition) is 7. The Kier molecular flexibility index (Phi) is 3.29. The molecular formula is C10H12N6S. The highest BCUT2D eigenvalue weighted by molar-refractivity contribution is 7.98. The maximum atomic E-state index is 5.56. The molecule has 17 heavy (non-hydrogen) atoms. The summed E-state index contributed by atoms with van der Waals surface area (Å²) in [7, 11) is 0. The van der Waals surface area contributed by atoms with E-state index in [1.165, 1.54) is 4.90 Å². The molecule has 0 aromatic heterocycles. The molecule has 7 heteroatoms. The number of nitrogens with zero attached hydrogens (tertiary/aromatic N) is 3. The van der Waals surface area contributed by atoms with Gasteiger partial charge in [-0.05, 0) is 30.5 Å². The Labute approximate surface area is 103 Å². The number of nitrogens with two attached hydrogens (primary N) is 2. The van der Waals surface area contributed by atoms with E-state index in [2.05, 4.69) is 20.7 Å².